The van der Waals surface area contributed by atoms with Gasteiger partial charge < -0.3 is 19.8 Å². The number of carboxylic acids is 2. The standard InChI is InChI=1S/C20H38O4.Zn/c21-19(22)17-15-13-11-9-7-5-3-1-2-4-6-8-10-12-14-16-18-20(23)24;/h1-18H2,(H,21,22)(H,23,24);/q;+2/p-2. The Morgan fingerprint density at radius 1 is 0.400 bits per heavy atom. The molecule has 0 saturated heterocycles. The maximum atomic E-state index is 10.2. The normalized spacial score (nSPS) is 10.4. The average molecular weight is 406 g/mol. The minimum atomic E-state index is -0.925. The van der Waals surface area contributed by atoms with Crippen LogP contribution in [0.15, 0.2) is 0 Å². The number of carbonyl (C=O) groups excluding carboxylic acids is 2. The van der Waals surface area contributed by atoms with Gasteiger partial charge in [-0.25, -0.2) is 0 Å². The summed E-state index contributed by atoms with van der Waals surface area (Å²) < 4.78 is 0. The van der Waals surface area contributed by atoms with Crippen LogP contribution in [0.4, 0.5) is 0 Å². The van der Waals surface area contributed by atoms with E-state index >= 15 is 0 Å². The van der Waals surface area contributed by atoms with E-state index in [-0.39, 0.29) is 32.3 Å². The van der Waals surface area contributed by atoms with Crippen LogP contribution in [-0.2, 0) is 29.1 Å². The number of aliphatic carboxylic acids is 2. The van der Waals surface area contributed by atoms with Gasteiger partial charge in [0.2, 0.25) is 0 Å². The molecule has 25 heavy (non-hydrogen) atoms. The summed E-state index contributed by atoms with van der Waals surface area (Å²) >= 11 is 0. The molecule has 0 aliphatic heterocycles. The van der Waals surface area contributed by atoms with Crippen LogP contribution in [0.3, 0.4) is 0 Å². The summed E-state index contributed by atoms with van der Waals surface area (Å²) in [5.74, 6) is -1.85. The third-order valence-corrected chi connectivity index (χ3v) is 4.51. The van der Waals surface area contributed by atoms with Crippen LogP contribution >= 0.6 is 0 Å². The van der Waals surface area contributed by atoms with Gasteiger partial charge in [0, 0.05) is 11.9 Å². The van der Waals surface area contributed by atoms with Gasteiger partial charge in [0.15, 0.2) is 0 Å². The quantitative estimate of drug-likeness (QED) is 0.243. The first kappa shape index (κ1) is 26.8. The molecule has 0 aromatic heterocycles. The molecule has 0 aromatic carbocycles. The Balaban J connectivity index is 0. The number of unbranched alkanes of at least 4 members (excludes halogenated alkanes) is 15. The number of hydrogen-bond acceptors (Lipinski definition) is 4. The topological polar surface area (TPSA) is 80.3 Å². The molecule has 0 rings (SSSR count). The van der Waals surface area contributed by atoms with Crippen molar-refractivity contribution in [1.82, 2.24) is 0 Å². The van der Waals surface area contributed by atoms with Crippen molar-refractivity contribution in [2.75, 3.05) is 0 Å². The summed E-state index contributed by atoms with van der Waals surface area (Å²) in [4.78, 5) is 20.5. The molecular weight excluding hydrogens is 370 g/mol. The Bertz CT molecular complexity index is 278. The molecule has 0 heterocycles. The van der Waals surface area contributed by atoms with Crippen molar-refractivity contribution in [2.24, 2.45) is 0 Å². The number of carboxylic acid groups (broad SMARTS) is 2. The predicted molar refractivity (Wildman–Crippen MR) is 93.1 cm³/mol. The van der Waals surface area contributed by atoms with E-state index in [0.29, 0.717) is 0 Å². The third kappa shape index (κ3) is 25.9. The summed E-state index contributed by atoms with van der Waals surface area (Å²) in [5, 5.41) is 20.5. The molecule has 0 aromatic rings. The van der Waals surface area contributed by atoms with Gasteiger partial charge in [0.05, 0.1) is 0 Å². The van der Waals surface area contributed by atoms with Crippen molar-refractivity contribution >= 4 is 11.9 Å². The molecule has 0 aliphatic carbocycles. The fourth-order valence-corrected chi connectivity index (χ4v) is 3.01. The molecule has 142 valence electrons. The van der Waals surface area contributed by atoms with E-state index in [9.17, 15) is 19.8 Å². The van der Waals surface area contributed by atoms with Crippen LogP contribution in [0.25, 0.3) is 0 Å². The van der Waals surface area contributed by atoms with Crippen molar-refractivity contribution in [3.05, 3.63) is 0 Å². The second kappa shape index (κ2) is 21.6. The first-order chi connectivity index (χ1) is 11.6. The van der Waals surface area contributed by atoms with Gasteiger partial charge in [0.25, 0.3) is 0 Å². The van der Waals surface area contributed by atoms with E-state index in [2.05, 4.69) is 0 Å². The molecule has 0 unspecified atom stereocenters. The second-order valence-corrected chi connectivity index (χ2v) is 6.90. The van der Waals surface area contributed by atoms with Crippen LogP contribution in [0.5, 0.6) is 0 Å². The Morgan fingerprint density at radius 3 is 0.720 bits per heavy atom. The van der Waals surface area contributed by atoms with Crippen LogP contribution in [-0.4, -0.2) is 11.9 Å². The van der Waals surface area contributed by atoms with E-state index in [0.717, 1.165) is 38.5 Å². The zero-order valence-electron chi connectivity index (χ0n) is 16.1. The molecule has 5 heteroatoms. The zero-order valence-corrected chi connectivity index (χ0v) is 19.0. The van der Waals surface area contributed by atoms with Gasteiger partial charge in [-0.2, -0.15) is 0 Å². The molecule has 0 saturated carbocycles. The van der Waals surface area contributed by atoms with Gasteiger partial charge in [-0.1, -0.05) is 89.9 Å². The molecule has 0 spiro atoms. The monoisotopic (exact) mass is 404 g/mol. The number of carbonyl (C=O) groups is 2. The van der Waals surface area contributed by atoms with Crippen molar-refractivity contribution in [1.29, 1.82) is 0 Å². The summed E-state index contributed by atoms with van der Waals surface area (Å²) in [6.07, 6.45) is 19.2. The molecule has 4 nitrogen and oxygen atoms in total. The van der Waals surface area contributed by atoms with E-state index in [1.165, 1.54) is 64.2 Å². The summed E-state index contributed by atoms with van der Waals surface area (Å²) in [7, 11) is 0. The summed E-state index contributed by atoms with van der Waals surface area (Å²) in [6, 6.07) is 0. The van der Waals surface area contributed by atoms with Crippen LogP contribution in [0.2, 0.25) is 0 Å². The fraction of sp³-hybridized carbons (Fsp3) is 0.900. The van der Waals surface area contributed by atoms with E-state index in [1.807, 2.05) is 0 Å². The SMILES string of the molecule is O=C([O-])CCCCCCCCCCCCCCCCCCC(=O)[O-].[Zn+2]. The maximum absolute atomic E-state index is 10.2. The molecule has 0 aliphatic rings. The summed E-state index contributed by atoms with van der Waals surface area (Å²) in [5.41, 5.74) is 0. The largest absolute Gasteiger partial charge is 2.00 e. The minimum absolute atomic E-state index is 0. The maximum Gasteiger partial charge on any atom is 2.00 e. The Hall–Kier alpha value is -0.437. The number of rotatable bonds is 19. The smallest absolute Gasteiger partial charge is 0.550 e. The first-order valence-electron chi connectivity index (χ1n) is 10.0. The number of hydrogen-bond donors (Lipinski definition) is 0. The Kier molecular flexibility index (Phi) is 23.2. The molecule has 0 amide bonds. The first-order valence-corrected chi connectivity index (χ1v) is 10.0. The van der Waals surface area contributed by atoms with E-state index in [1.54, 1.807) is 0 Å². The molecule has 0 radical (unpaired) electrons. The predicted octanol–water partition coefficient (Wildman–Crippen LogP) is 3.51. The molecule has 0 atom stereocenters. The Labute approximate surface area is 166 Å². The minimum Gasteiger partial charge on any atom is -0.550 e. The Morgan fingerprint density at radius 2 is 0.560 bits per heavy atom. The zero-order chi connectivity index (χ0) is 17.9. The van der Waals surface area contributed by atoms with Gasteiger partial charge >= 0.3 is 19.5 Å². The van der Waals surface area contributed by atoms with E-state index < -0.39 is 11.9 Å². The molecule has 0 bridgehead atoms. The van der Waals surface area contributed by atoms with Gasteiger partial charge in [-0.05, 0) is 25.7 Å². The van der Waals surface area contributed by atoms with Crippen LogP contribution in [0, 0.1) is 0 Å². The van der Waals surface area contributed by atoms with E-state index in [4.69, 9.17) is 0 Å². The third-order valence-electron chi connectivity index (χ3n) is 4.51. The molecular formula is C20H36O4Zn. The van der Waals surface area contributed by atoms with Gasteiger partial charge in [-0.15, -0.1) is 0 Å². The van der Waals surface area contributed by atoms with Crippen LogP contribution < -0.4 is 10.2 Å². The molecule has 0 fully saturated rings. The van der Waals surface area contributed by atoms with Crippen molar-refractivity contribution in [2.45, 2.75) is 116 Å². The summed E-state index contributed by atoms with van der Waals surface area (Å²) in [6.45, 7) is 0. The van der Waals surface area contributed by atoms with Crippen molar-refractivity contribution in [3.63, 3.8) is 0 Å². The van der Waals surface area contributed by atoms with Gasteiger partial charge in [-0.3, -0.25) is 0 Å². The molecule has 0 N–H and O–H groups in total. The second-order valence-electron chi connectivity index (χ2n) is 6.90. The van der Waals surface area contributed by atoms with Crippen molar-refractivity contribution < 1.29 is 39.3 Å². The van der Waals surface area contributed by atoms with Gasteiger partial charge in [0.1, 0.15) is 0 Å². The van der Waals surface area contributed by atoms with Crippen molar-refractivity contribution in [3.8, 4) is 0 Å². The fourth-order valence-electron chi connectivity index (χ4n) is 3.01. The average Bonchev–Trinajstić information content (AvgIpc) is 2.53. The van der Waals surface area contributed by atoms with Crippen LogP contribution in [0.1, 0.15) is 116 Å².